The van der Waals surface area contributed by atoms with Crippen molar-refractivity contribution in [3.63, 3.8) is 0 Å². The molecule has 0 spiro atoms. The molecule has 0 aromatic heterocycles. The fourth-order valence-corrected chi connectivity index (χ4v) is 1.36. The standard InChI is InChI=1S/C7H13ClFNO2/c8-3-6(11)4-10-1-2-12-5-7(10)9/h6-7,11H,1-5H2/p+1/t6-,7?/m0/s1. The zero-order valence-corrected chi connectivity index (χ0v) is 7.56. The molecular weight excluding hydrogens is 185 g/mol. The lowest BCUT2D eigenvalue weighted by Gasteiger charge is -2.28. The number of hydrogen-bond acceptors (Lipinski definition) is 2. The quantitative estimate of drug-likeness (QED) is 0.441. The molecule has 1 saturated heterocycles. The van der Waals surface area contributed by atoms with Gasteiger partial charge in [-0.3, -0.25) is 4.90 Å². The van der Waals surface area contributed by atoms with Crippen LogP contribution in [0.3, 0.4) is 0 Å². The van der Waals surface area contributed by atoms with Crippen molar-refractivity contribution in [1.82, 2.24) is 0 Å². The number of alkyl halides is 2. The van der Waals surface area contributed by atoms with Crippen molar-refractivity contribution in [2.45, 2.75) is 12.4 Å². The molecule has 1 aliphatic heterocycles. The van der Waals surface area contributed by atoms with E-state index < -0.39 is 12.4 Å². The van der Waals surface area contributed by atoms with Crippen LogP contribution in [0, 0.1) is 0 Å². The van der Waals surface area contributed by atoms with Gasteiger partial charge in [0.15, 0.2) is 0 Å². The summed E-state index contributed by atoms with van der Waals surface area (Å²) in [6.07, 6.45) is -1.63. The van der Waals surface area contributed by atoms with Gasteiger partial charge in [-0.15, -0.1) is 11.6 Å². The van der Waals surface area contributed by atoms with Gasteiger partial charge in [0, 0.05) is 0 Å². The Kier molecular flexibility index (Phi) is 4.21. The summed E-state index contributed by atoms with van der Waals surface area (Å²) in [5.74, 6) is 0.164. The van der Waals surface area contributed by atoms with Gasteiger partial charge in [0.25, 0.3) is 6.30 Å². The van der Waals surface area contributed by atoms with Crippen LogP contribution in [-0.2, 0) is 4.74 Å². The molecule has 0 saturated carbocycles. The van der Waals surface area contributed by atoms with Gasteiger partial charge < -0.3 is 9.84 Å². The smallest absolute Gasteiger partial charge is 0.253 e. The molecule has 1 aliphatic rings. The molecule has 3 nitrogen and oxygen atoms in total. The van der Waals surface area contributed by atoms with E-state index in [0.717, 1.165) is 4.90 Å². The third-order valence-corrected chi connectivity index (χ3v) is 2.31. The number of hydrogen-bond donors (Lipinski definition) is 2. The summed E-state index contributed by atoms with van der Waals surface area (Å²) in [6.45, 7) is 1.66. The minimum absolute atomic E-state index is 0.129. The number of aliphatic hydroxyl groups excluding tert-OH is 1. The normalized spacial score (nSPS) is 33.2. The van der Waals surface area contributed by atoms with E-state index in [1.807, 2.05) is 0 Å². The molecule has 0 aromatic carbocycles. The highest BCUT2D eigenvalue weighted by Crippen LogP contribution is 1.90. The topological polar surface area (TPSA) is 33.9 Å². The average molecular weight is 199 g/mol. The van der Waals surface area contributed by atoms with E-state index in [-0.39, 0.29) is 12.5 Å². The molecule has 1 rings (SSSR count). The lowest BCUT2D eigenvalue weighted by Crippen LogP contribution is -3.18. The summed E-state index contributed by atoms with van der Waals surface area (Å²) >= 11 is 5.40. The number of morpholine rings is 1. The summed E-state index contributed by atoms with van der Waals surface area (Å²) in [7, 11) is 0. The van der Waals surface area contributed by atoms with Crippen LogP contribution < -0.4 is 4.90 Å². The van der Waals surface area contributed by atoms with Gasteiger partial charge in [-0.05, 0) is 0 Å². The van der Waals surface area contributed by atoms with Gasteiger partial charge >= 0.3 is 0 Å². The van der Waals surface area contributed by atoms with Gasteiger partial charge in [-0.2, -0.15) is 4.39 Å². The average Bonchev–Trinajstić information content (AvgIpc) is 2.09. The maximum Gasteiger partial charge on any atom is 0.253 e. The summed E-state index contributed by atoms with van der Waals surface area (Å²) in [5.41, 5.74) is 0. The Morgan fingerprint density at radius 3 is 3.08 bits per heavy atom. The molecule has 1 heterocycles. The van der Waals surface area contributed by atoms with Crippen molar-refractivity contribution in [1.29, 1.82) is 0 Å². The van der Waals surface area contributed by atoms with Crippen LogP contribution in [0.2, 0.25) is 0 Å². The molecule has 0 amide bonds. The minimum Gasteiger partial charge on any atom is -0.386 e. The maximum atomic E-state index is 13.0. The lowest BCUT2D eigenvalue weighted by atomic mass is 10.3. The van der Waals surface area contributed by atoms with Crippen LogP contribution in [-0.4, -0.2) is 49.7 Å². The molecule has 0 radical (unpaired) electrons. The molecule has 1 fully saturated rings. The highest BCUT2D eigenvalue weighted by molar-refractivity contribution is 6.18. The number of quaternary nitrogens is 1. The zero-order chi connectivity index (χ0) is 8.97. The van der Waals surface area contributed by atoms with Gasteiger partial charge in [0.2, 0.25) is 0 Å². The first-order valence-electron chi connectivity index (χ1n) is 4.04. The molecule has 0 bridgehead atoms. The fourth-order valence-electron chi connectivity index (χ4n) is 1.25. The van der Waals surface area contributed by atoms with Crippen molar-refractivity contribution in [3.05, 3.63) is 0 Å². The van der Waals surface area contributed by atoms with E-state index in [0.29, 0.717) is 19.7 Å². The monoisotopic (exact) mass is 198 g/mol. The first-order chi connectivity index (χ1) is 5.74. The summed E-state index contributed by atoms with van der Waals surface area (Å²) in [4.78, 5) is 0.731. The van der Waals surface area contributed by atoms with Crippen molar-refractivity contribution in [3.8, 4) is 0 Å². The number of ether oxygens (including phenoxy) is 1. The molecule has 72 valence electrons. The molecule has 5 heteroatoms. The molecule has 2 unspecified atom stereocenters. The largest absolute Gasteiger partial charge is 0.386 e. The lowest BCUT2D eigenvalue weighted by molar-refractivity contribution is -0.951. The number of halogens is 2. The number of nitrogens with one attached hydrogen (secondary N) is 1. The van der Waals surface area contributed by atoms with Crippen LogP contribution >= 0.6 is 11.6 Å². The SMILES string of the molecule is O[C@@H](CCl)C[NH+]1CCOCC1F. The first kappa shape index (κ1) is 10.2. The number of aliphatic hydroxyl groups is 1. The summed E-state index contributed by atoms with van der Waals surface area (Å²) < 4.78 is 17.9. The second kappa shape index (κ2) is 4.97. The van der Waals surface area contributed by atoms with Crippen LogP contribution in [0.1, 0.15) is 0 Å². The van der Waals surface area contributed by atoms with Crippen molar-refractivity contribution in [2.24, 2.45) is 0 Å². The molecular formula is C7H14ClFNO2+. The Morgan fingerprint density at radius 2 is 2.50 bits per heavy atom. The van der Waals surface area contributed by atoms with E-state index >= 15 is 0 Å². The number of rotatable bonds is 3. The van der Waals surface area contributed by atoms with Gasteiger partial charge in [0.05, 0.1) is 12.5 Å². The predicted octanol–water partition coefficient (Wildman–Crippen LogP) is -1.20. The first-order valence-corrected chi connectivity index (χ1v) is 4.58. The Hall–Kier alpha value is 0.1000. The second-order valence-electron chi connectivity index (χ2n) is 2.96. The van der Waals surface area contributed by atoms with E-state index in [2.05, 4.69) is 0 Å². The van der Waals surface area contributed by atoms with E-state index in [4.69, 9.17) is 21.4 Å². The molecule has 12 heavy (non-hydrogen) atoms. The van der Waals surface area contributed by atoms with Crippen LogP contribution in [0.4, 0.5) is 4.39 Å². The van der Waals surface area contributed by atoms with E-state index in [1.165, 1.54) is 0 Å². The fraction of sp³-hybridized carbons (Fsp3) is 1.00. The molecule has 0 aromatic rings. The van der Waals surface area contributed by atoms with Crippen LogP contribution in [0.5, 0.6) is 0 Å². The molecule has 2 N–H and O–H groups in total. The predicted molar refractivity (Wildman–Crippen MR) is 43.1 cm³/mol. The summed E-state index contributed by atoms with van der Waals surface area (Å²) in [6, 6.07) is 0. The second-order valence-corrected chi connectivity index (χ2v) is 3.27. The highest BCUT2D eigenvalue weighted by atomic mass is 35.5. The Bertz CT molecular complexity index is 139. The zero-order valence-electron chi connectivity index (χ0n) is 6.80. The third-order valence-electron chi connectivity index (χ3n) is 1.95. The van der Waals surface area contributed by atoms with Crippen molar-refractivity contribution >= 4 is 11.6 Å². The molecule has 0 aliphatic carbocycles. The van der Waals surface area contributed by atoms with Crippen LogP contribution in [0.25, 0.3) is 0 Å². The van der Waals surface area contributed by atoms with Gasteiger partial charge in [0.1, 0.15) is 25.8 Å². The Balaban J connectivity index is 2.28. The third kappa shape index (κ3) is 2.86. The maximum absolute atomic E-state index is 13.0. The highest BCUT2D eigenvalue weighted by Gasteiger charge is 2.27. The van der Waals surface area contributed by atoms with E-state index in [9.17, 15) is 4.39 Å². The van der Waals surface area contributed by atoms with Crippen molar-refractivity contribution in [2.75, 3.05) is 32.2 Å². The summed E-state index contributed by atoms with van der Waals surface area (Å²) in [5, 5.41) is 9.17. The van der Waals surface area contributed by atoms with E-state index in [1.54, 1.807) is 0 Å². The Morgan fingerprint density at radius 1 is 1.75 bits per heavy atom. The minimum atomic E-state index is -1.02. The van der Waals surface area contributed by atoms with Gasteiger partial charge in [-0.25, -0.2) is 0 Å². The van der Waals surface area contributed by atoms with Gasteiger partial charge in [-0.1, -0.05) is 0 Å². The van der Waals surface area contributed by atoms with Crippen molar-refractivity contribution < 1.29 is 19.1 Å². The Labute approximate surface area is 76.1 Å². The molecule has 3 atom stereocenters. The van der Waals surface area contributed by atoms with Crippen LogP contribution in [0.15, 0.2) is 0 Å².